The van der Waals surface area contributed by atoms with Crippen LogP contribution in [0.4, 0.5) is 0 Å². The lowest BCUT2D eigenvalue weighted by atomic mass is 9.61. The van der Waals surface area contributed by atoms with Gasteiger partial charge in [-0.25, -0.2) is 0 Å². The molecule has 0 aromatic heterocycles. The molecule has 3 N–H and O–H groups in total. The molecule has 2 aromatic rings. The number of carbonyl (C=O) groups excluding carboxylic acids is 2. The Labute approximate surface area is 187 Å². The van der Waals surface area contributed by atoms with Gasteiger partial charge in [0, 0.05) is 17.4 Å². The van der Waals surface area contributed by atoms with Crippen molar-refractivity contribution < 1.29 is 28.9 Å². The summed E-state index contributed by atoms with van der Waals surface area (Å²) in [5.41, 5.74) is 2.97. The standard InChI is InChI=1S/C25H27NO6/c1-30-20-14-17(15-21(31-2)22(20)32-3)19(27)16-24(12-8-5-9-13-24)25(29,23(26)28)18-10-6-4-7-11-18/h4-12,14-15,29H,13,16H2,1-3H3,(H2,26,28). The first-order valence-corrected chi connectivity index (χ1v) is 10.1. The average Bonchev–Trinajstić information content (AvgIpc) is 2.83. The van der Waals surface area contributed by atoms with Gasteiger partial charge in [0.15, 0.2) is 22.9 Å². The molecule has 1 amide bonds. The molecule has 2 atom stereocenters. The molecule has 1 aliphatic carbocycles. The number of hydrogen-bond acceptors (Lipinski definition) is 6. The molecule has 0 fully saturated rings. The summed E-state index contributed by atoms with van der Waals surface area (Å²) in [5.74, 6) is -0.228. The fraction of sp³-hybridized carbons (Fsp3) is 0.280. The maximum atomic E-state index is 13.5. The molecular weight excluding hydrogens is 410 g/mol. The number of methoxy groups -OCH3 is 3. The minimum Gasteiger partial charge on any atom is -0.493 e. The van der Waals surface area contributed by atoms with Crippen LogP contribution in [-0.4, -0.2) is 38.1 Å². The summed E-state index contributed by atoms with van der Waals surface area (Å²) in [6.07, 6.45) is 7.06. The first-order chi connectivity index (χ1) is 15.3. The second-order valence-corrected chi connectivity index (χ2v) is 7.60. The molecule has 0 spiro atoms. The van der Waals surface area contributed by atoms with Gasteiger partial charge in [-0.05, 0) is 24.1 Å². The lowest BCUT2D eigenvalue weighted by Gasteiger charge is -2.44. The first-order valence-electron chi connectivity index (χ1n) is 10.1. The van der Waals surface area contributed by atoms with Crippen LogP contribution in [0.25, 0.3) is 0 Å². The van der Waals surface area contributed by atoms with Crippen molar-refractivity contribution in [1.82, 2.24) is 0 Å². The van der Waals surface area contributed by atoms with E-state index in [0.29, 0.717) is 28.4 Å². The maximum Gasteiger partial charge on any atom is 0.254 e. The summed E-state index contributed by atoms with van der Waals surface area (Å²) in [6.45, 7) is 0. The molecule has 0 saturated carbocycles. The van der Waals surface area contributed by atoms with E-state index in [2.05, 4.69) is 0 Å². The number of Topliss-reactive ketones (excluding diaryl/α,β-unsaturated/α-hetero) is 1. The van der Waals surface area contributed by atoms with Crippen LogP contribution in [0.15, 0.2) is 66.8 Å². The summed E-state index contributed by atoms with van der Waals surface area (Å²) in [4.78, 5) is 26.2. The van der Waals surface area contributed by atoms with Gasteiger partial charge in [-0.15, -0.1) is 0 Å². The van der Waals surface area contributed by atoms with Gasteiger partial charge in [0.2, 0.25) is 5.75 Å². The van der Waals surface area contributed by atoms with Crippen molar-refractivity contribution in [2.24, 2.45) is 11.1 Å². The van der Waals surface area contributed by atoms with Crippen LogP contribution < -0.4 is 19.9 Å². The number of rotatable bonds is 9. The van der Waals surface area contributed by atoms with Gasteiger partial charge >= 0.3 is 0 Å². The van der Waals surface area contributed by atoms with Gasteiger partial charge in [0.1, 0.15) is 0 Å². The average molecular weight is 437 g/mol. The Hall–Kier alpha value is -3.58. The normalized spacial score (nSPS) is 19.1. The molecule has 0 bridgehead atoms. The number of carbonyl (C=O) groups is 2. The molecule has 0 aliphatic heterocycles. The number of aliphatic hydroxyl groups is 1. The number of hydrogen-bond donors (Lipinski definition) is 2. The number of ether oxygens (including phenoxy) is 3. The summed E-state index contributed by atoms with van der Waals surface area (Å²) in [6, 6.07) is 11.5. The van der Waals surface area contributed by atoms with Gasteiger partial charge in [-0.1, -0.05) is 54.6 Å². The third-order valence-corrected chi connectivity index (χ3v) is 5.88. The molecule has 7 heteroatoms. The number of primary amides is 1. The summed E-state index contributed by atoms with van der Waals surface area (Å²) < 4.78 is 16.0. The highest BCUT2D eigenvalue weighted by molar-refractivity contribution is 5.99. The summed E-state index contributed by atoms with van der Waals surface area (Å²) in [5, 5.41) is 11.7. The molecule has 2 aromatic carbocycles. The van der Waals surface area contributed by atoms with Crippen molar-refractivity contribution in [1.29, 1.82) is 0 Å². The Morgan fingerprint density at radius 2 is 1.66 bits per heavy atom. The van der Waals surface area contributed by atoms with Crippen LogP contribution in [0.5, 0.6) is 17.2 Å². The largest absolute Gasteiger partial charge is 0.493 e. The Balaban J connectivity index is 2.11. The second kappa shape index (κ2) is 9.28. The molecule has 1 aliphatic rings. The highest BCUT2D eigenvalue weighted by Crippen LogP contribution is 2.49. The van der Waals surface area contributed by atoms with E-state index in [4.69, 9.17) is 19.9 Å². The lowest BCUT2D eigenvalue weighted by Crippen LogP contribution is -2.55. The molecular formula is C25H27NO6. The van der Waals surface area contributed by atoms with Gasteiger partial charge in [0.25, 0.3) is 5.91 Å². The third kappa shape index (κ3) is 3.87. The van der Waals surface area contributed by atoms with Crippen LogP contribution in [0.2, 0.25) is 0 Å². The van der Waals surface area contributed by atoms with Crippen molar-refractivity contribution >= 4 is 11.7 Å². The fourth-order valence-corrected chi connectivity index (χ4v) is 4.18. The molecule has 168 valence electrons. The van der Waals surface area contributed by atoms with Crippen LogP contribution in [0, 0.1) is 5.41 Å². The predicted molar refractivity (Wildman–Crippen MR) is 120 cm³/mol. The van der Waals surface area contributed by atoms with Gasteiger partial charge in [-0.3, -0.25) is 9.59 Å². The Bertz CT molecular complexity index is 1040. The number of amides is 1. The van der Waals surface area contributed by atoms with Crippen LogP contribution in [0.3, 0.4) is 0 Å². The third-order valence-electron chi connectivity index (χ3n) is 5.88. The minimum absolute atomic E-state index is 0.180. The molecule has 2 unspecified atom stereocenters. The van der Waals surface area contributed by atoms with Crippen LogP contribution >= 0.6 is 0 Å². The van der Waals surface area contributed by atoms with Crippen molar-refractivity contribution in [2.45, 2.75) is 18.4 Å². The molecule has 3 rings (SSSR count). The Kier molecular flexibility index (Phi) is 6.69. The van der Waals surface area contributed by atoms with Gasteiger partial charge in [-0.2, -0.15) is 0 Å². The highest BCUT2D eigenvalue weighted by atomic mass is 16.5. The van der Waals surface area contributed by atoms with E-state index in [1.807, 2.05) is 0 Å². The van der Waals surface area contributed by atoms with E-state index >= 15 is 0 Å². The van der Waals surface area contributed by atoms with Gasteiger partial charge < -0.3 is 25.1 Å². The zero-order valence-corrected chi connectivity index (χ0v) is 18.3. The maximum absolute atomic E-state index is 13.5. The SMILES string of the molecule is COc1cc(C(=O)CC2(C(O)(C(N)=O)c3ccccc3)C=CC=CC2)cc(OC)c1OC. The topological polar surface area (TPSA) is 108 Å². The van der Waals surface area contributed by atoms with E-state index in [1.54, 1.807) is 66.8 Å². The van der Waals surface area contributed by atoms with E-state index < -0.39 is 16.9 Å². The fourth-order valence-electron chi connectivity index (χ4n) is 4.18. The zero-order valence-electron chi connectivity index (χ0n) is 18.3. The number of nitrogens with two attached hydrogens (primary N) is 1. The van der Waals surface area contributed by atoms with Gasteiger partial charge in [0.05, 0.1) is 21.3 Å². The van der Waals surface area contributed by atoms with Crippen molar-refractivity contribution in [3.05, 3.63) is 77.9 Å². The molecule has 0 heterocycles. The van der Waals surface area contributed by atoms with E-state index in [-0.39, 0.29) is 18.6 Å². The molecule has 0 radical (unpaired) electrons. The first kappa shape index (κ1) is 23.1. The summed E-state index contributed by atoms with van der Waals surface area (Å²) in [7, 11) is 4.40. The molecule has 7 nitrogen and oxygen atoms in total. The molecule has 0 saturated heterocycles. The van der Waals surface area contributed by atoms with Crippen molar-refractivity contribution in [2.75, 3.05) is 21.3 Å². The van der Waals surface area contributed by atoms with Crippen LogP contribution in [0.1, 0.15) is 28.8 Å². The summed E-state index contributed by atoms with van der Waals surface area (Å²) >= 11 is 0. The molecule has 32 heavy (non-hydrogen) atoms. The van der Waals surface area contributed by atoms with E-state index in [1.165, 1.54) is 21.3 Å². The Morgan fingerprint density at radius 1 is 1.03 bits per heavy atom. The number of ketones is 1. The quantitative estimate of drug-likeness (QED) is 0.584. The van der Waals surface area contributed by atoms with Crippen molar-refractivity contribution in [3.63, 3.8) is 0 Å². The Morgan fingerprint density at radius 3 is 2.12 bits per heavy atom. The van der Waals surface area contributed by atoms with Crippen molar-refractivity contribution in [3.8, 4) is 17.2 Å². The second-order valence-electron chi connectivity index (χ2n) is 7.60. The minimum atomic E-state index is -2.11. The van der Waals surface area contributed by atoms with Crippen LogP contribution in [-0.2, 0) is 10.4 Å². The van der Waals surface area contributed by atoms with E-state index in [9.17, 15) is 14.7 Å². The smallest absolute Gasteiger partial charge is 0.254 e. The predicted octanol–water partition coefficient (Wildman–Crippen LogP) is 3.16. The monoisotopic (exact) mass is 437 g/mol. The number of allylic oxidation sites excluding steroid dienone is 3. The number of benzene rings is 2. The zero-order chi connectivity index (χ0) is 23.4. The van der Waals surface area contributed by atoms with E-state index in [0.717, 1.165) is 0 Å². The highest BCUT2D eigenvalue weighted by Gasteiger charge is 2.55. The lowest BCUT2D eigenvalue weighted by molar-refractivity contribution is -0.150.